The van der Waals surface area contributed by atoms with Gasteiger partial charge in [-0.1, -0.05) is 121 Å². The highest BCUT2D eigenvalue weighted by atomic mass is 31.2. The standard InChI is InChI=1S/C59H60NO9P/c1-62-32-34-64-36-38-66-40-42-68-50-27-22-45(23-28-50)59(46-24-29-51(30-25-46)69-43-41-67-39-37-65-35-33-63-2)55-44-49(60(47-14-6-3-7-15-47)48-16-8-4-9-17-48)26-31-53(55)58-57(59)54-20-12-13-21-56(54)70(58,61)52-18-10-5-11-19-52/h3-31,44H,32-43H2,1-2H3. The van der Waals surface area contributed by atoms with Crippen LogP contribution in [0.2, 0.25) is 0 Å². The summed E-state index contributed by atoms with van der Waals surface area (Å²) in [5.74, 6) is 1.43. The Morgan fingerprint density at radius 1 is 0.429 bits per heavy atom. The number of anilines is 3. The number of allylic oxidation sites excluding steroid dienone is 1. The Kier molecular flexibility index (Phi) is 16.4. The van der Waals surface area contributed by atoms with E-state index in [1.54, 1.807) is 14.2 Å². The average molecular weight is 958 g/mol. The fourth-order valence-electron chi connectivity index (χ4n) is 9.61. The maximum Gasteiger partial charge on any atom is 0.172 e. The van der Waals surface area contributed by atoms with E-state index in [1.807, 2.05) is 72.8 Å². The fourth-order valence-corrected chi connectivity index (χ4v) is 12.9. The summed E-state index contributed by atoms with van der Waals surface area (Å²) in [4.78, 5) is 2.29. The van der Waals surface area contributed by atoms with Gasteiger partial charge in [-0.05, 0) is 94.1 Å². The van der Waals surface area contributed by atoms with Gasteiger partial charge < -0.3 is 47.4 Å². The Labute approximate surface area is 411 Å². The molecule has 1 heterocycles. The van der Waals surface area contributed by atoms with Gasteiger partial charge in [-0.2, -0.15) is 0 Å². The van der Waals surface area contributed by atoms with Crippen molar-refractivity contribution in [2.24, 2.45) is 0 Å². The van der Waals surface area contributed by atoms with Crippen LogP contribution in [0.25, 0.3) is 10.9 Å². The Balaban J connectivity index is 1.16. The molecular formula is C59H60NO9P. The molecule has 0 fully saturated rings. The number of methoxy groups -OCH3 is 2. The molecular weight excluding hydrogens is 898 g/mol. The van der Waals surface area contributed by atoms with E-state index < -0.39 is 12.6 Å². The number of hydrogen-bond acceptors (Lipinski definition) is 10. The van der Waals surface area contributed by atoms with E-state index in [4.69, 9.17) is 37.9 Å². The molecule has 1 aliphatic carbocycles. The van der Waals surface area contributed by atoms with Crippen LogP contribution in [0.3, 0.4) is 0 Å². The SMILES string of the molecule is COCCOCCOCCOc1ccc(C2(c3ccc(OCCOCCOCCOC)cc3)C3=C(c4ccc(N(c5ccccc5)c5ccccc5)cc42)P(=O)(c2ccccc2)c2ccccc23)cc1. The van der Waals surface area contributed by atoms with Gasteiger partial charge in [0.25, 0.3) is 0 Å². The first-order valence-corrected chi connectivity index (χ1v) is 25.6. The van der Waals surface area contributed by atoms with Crippen LogP contribution in [0.1, 0.15) is 27.8 Å². The zero-order chi connectivity index (χ0) is 48.0. The summed E-state index contributed by atoms with van der Waals surface area (Å²) in [6, 6.07) is 62.6. The Bertz CT molecular complexity index is 2740. The molecule has 0 bridgehead atoms. The third-order valence-electron chi connectivity index (χ3n) is 12.7. The molecule has 0 amide bonds. The van der Waals surface area contributed by atoms with Crippen molar-refractivity contribution in [2.75, 3.05) is 98.4 Å². The lowest BCUT2D eigenvalue weighted by molar-refractivity contribution is 0.0179. The average Bonchev–Trinajstić information content (AvgIpc) is 3.87. The van der Waals surface area contributed by atoms with Gasteiger partial charge in [-0.3, -0.25) is 0 Å². The first kappa shape index (κ1) is 48.7. The van der Waals surface area contributed by atoms with Crippen LogP contribution in [0.5, 0.6) is 11.5 Å². The number of hydrogen-bond donors (Lipinski definition) is 0. The molecule has 0 aromatic heterocycles. The van der Waals surface area contributed by atoms with Gasteiger partial charge in [-0.25, -0.2) is 0 Å². The van der Waals surface area contributed by atoms with E-state index >= 15 is 4.57 Å². The molecule has 1 unspecified atom stereocenters. The third kappa shape index (κ3) is 10.1. The predicted molar refractivity (Wildman–Crippen MR) is 278 cm³/mol. The highest BCUT2D eigenvalue weighted by molar-refractivity contribution is 7.88. The van der Waals surface area contributed by atoms with Gasteiger partial charge in [0, 0.05) is 47.2 Å². The second kappa shape index (κ2) is 23.5. The lowest BCUT2D eigenvalue weighted by Gasteiger charge is -2.37. The number of ether oxygens (including phenoxy) is 8. The van der Waals surface area contributed by atoms with Gasteiger partial charge >= 0.3 is 0 Å². The minimum absolute atomic E-state index is 0.376. The van der Waals surface area contributed by atoms with E-state index in [-0.39, 0.29) is 0 Å². The first-order chi connectivity index (χ1) is 34.6. The van der Waals surface area contributed by atoms with E-state index in [1.165, 1.54) is 0 Å². The summed E-state index contributed by atoms with van der Waals surface area (Å²) in [6.45, 7) is 5.66. The highest BCUT2D eigenvalue weighted by Gasteiger charge is 2.57. The summed E-state index contributed by atoms with van der Waals surface area (Å²) in [5.41, 5.74) is 8.03. The van der Waals surface area contributed by atoms with Crippen LogP contribution in [0, 0.1) is 0 Å². The summed E-state index contributed by atoms with van der Waals surface area (Å²) < 4.78 is 62.0. The van der Waals surface area contributed by atoms with Gasteiger partial charge in [0.1, 0.15) is 24.7 Å². The number of benzene rings is 7. The van der Waals surface area contributed by atoms with Crippen molar-refractivity contribution in [1.29, 1.82) is 0 Å². The van der Waals surface area contributed by atoms with E-state index in [9.17, 15) is 0 Å². The van der Waals surface area contributed by atoms with Crippen molar-refractivity contribution in [3.63, 3.8) is 0 Å². The first-order valence-electron chi connectivity index (χ1n) is 23.9. The monoisotopic (exact) mass is 957 g/mol. The summed E-state index contributed by atoms with van der Waals surface area (Å²) >= 11 is 0. The quantitative estimate of drug-likeness (QED) is 0.0386. The maximum atomic E-state index is 16.7. The Morgan fingerprint density at radius 2 is 0.871 bits per heavy atom. The second-order valence-corrected chi connectivity index (χ2v) is 19.5. The van der Waals surface area contributed by atoms with Crippen molar-refractivity contribution in [1.82, 2.24) is 0 Å². The van der Waals surface area contributed by atoms with Gasteiger partial charge in [0.15, 0.2) is 7.14 Å². The highest BCUT2D eigenvalue weighted by Crippen LogP contribution is 2.74. The van der Waals surface area contributed by atoms with Crippen LogP contribution in [0.15, 0.2) is 182 Å². The Hall–Kier alpha value is -6.33. The zero-order valence-corrected chi connectivity index (χ0v) is 40.8. The minimum atomic E-state index is -3.45. The molecule has 0 N–H and O–H groups in total. The largest absolute Gasteiger partial charge is 0.491 e. The molecule has 7 aromatic rings. The van der Waals surface area contributed by atoms with Crippen LogP contribution in [-0.4, -0.2) is 93.5 Å². The predicted octanol–water partition coefficient (Wildman–Crippen LogP) is 10.8. The maximum absolute atomic E-state index is 16.7. The van der Waals surface area contributed by atoms with Crippen molar-refractivity contribution < 1.29 is 42.5 Å². The molecule has 360 valence electrons. The normalized spacial score (nSPS) is 15.3. The lowest BCUT2D eigenvalue weighted by Crippen LogP contribution is -2.30. The van der Waals surface area contributed by atoms with E-state index in [2.05, 4.69) is 114 Å². The number of rotatable bonds is 26. The second-order valence-electron chi connectivity index (χ2n) is 16.9. The summed E-state index contributed by atoms with van der Waals surface area (Å²) in [7, 11) is -0.139. The molecule has 10 nitrogen and oxygen atoms in total. The molecule has 0 saturated heterocycles. The van der Waals surface area contributed by atoms with Gasteiger partial charge in [-0.15, -0.1) is 0 Å². The van der Waals surface area contributed by atoms with Gasteiger partial charge in [0.2, 0.25) is 0 Å². The molecule has 0 spiro atoms. The minimum Gasteiger partial charge on any atom is -0.491 e. The van der Waals surface area contributed by atoms with E-state index in [0.717, 1.165) is 66.4 Å². The number of fused-ring (bicyclic) bond motifs is 4. The number of para-hydroxylation sites is 2. The molecule has 70 heavy (non-hydrogen) atoms. The van der Waals surface area contributed by atoms with Crippen LogP contribution >= 0.6 is 7.14 Å². The molecule has 1 aliphatic heterocycles. The van der Waals surface area contributed by atoms with Crippen LogP contribution < -0.4 is 25.0 Å². The van der Waals surface area contributed by atoms with Crippen molar-refractivity contribution >= 4 is 45.7 Å². The van der Waals surface area contributed by atoms with Crippen LogP contribution in [0.4, 0.5) is 17.1 Å². The Morgan fingerprint density at radius 3 is 1.37 bits per heavy atom. The molecule has 2 aliphatic rings. The van der Waals surface area contributed by atoms with Crippen molar-refractivity contribution in [3.05, 3.63) is 210 Å². The summed E-state index contributed by atoms with van der Waals surface area (Å²) in [6.07, 6.45) is 0. The van der Waals surface area contributed by atoms with Crippen molar-refractivity contribution in [2.45, 2.75) is 5.41 Å². The van der Waals surface area contributed by atoms with Crippen LogP contribution in [-0.2, 0) is 38.4 Å². The molecule has 0 saturated carbocycles. The summed E-state index contributed by atoms with van der Waals surface area (Å²) in [5, 5.41) is 2.50. The molecule has 9 rings (SSSR count). The molecule has 1 atom stereocenters. The molecule has 11 heteroatoms. The zero-order valence-electron chi connectivity index (χ0n) is 39.9. The fraction of sp³-hybridized carbons (Fsp3) is 0.254. The third-order valence-corrected chi connectivity index (χ3v) is 15.9. The topological polar surface area (TPSA) is 94.2 Å². The smallest absolute Gasteiger partial charge is 0.172 e. The van der Waals surface area contributed by atoms with E-state index in [0.29, 0.717) is 90.8 Å². The lowest BCUT2D eigenvalue weighted by atomic mass is 9.65. The molecule has 0 radical (unpaired) electrons. The number of nitrogens with zero attached hydrogens (tertiary/aromatic N) is 1. The van der Waals surface area contributed by atoms with Crippen molar-refractivity contribution in [3.8, 4) is 11.5 Å². The molecule has 7 aromatic carbocycles. The van der Waals surface area contributed by atoms with Gasteiger partial charge in [0.05, 0.1) is 71.5 Å².